The number of rotatable bonds is 2. The average molecular weight is 342 g/mol. The number of nitrogens with zero attached hydrogens (tertiary/aromatic N) is 3. The lowest BCUT2D eigenvalue weighted by Crippen LogP contribution is -2.52. The van der Waals surface area contributed by atoms with Gasteiger partial charge in [-0.1, -0.05) is 0 Å². The molecular formula is C16H21Cl2N3O. The molecule has 0 aliphatic carbocycles. The minimum Gasteiger partial charge on any atom is -0.508 e. The summed E-state index contributed by atoms with van der Waals surface area (Å²) in [7, 11) is 0. The Morgan fingerprint density at radius 1 is 0.955 bits per heavy atom. The summed E-state index contributed by atoms with van der Waals surface area (Å²) in [5.41, 5.74) is 2.40. The number of phenols is 1. The summed E-state index contributed by atoms with van der Waals surface area (Å²) in [6.45, 7) is 5.20. The number of hydrogen-bond acceptors (Lipinski definition) is 4. The first-order valence-corrected chi connectivity index (χ1v) is 6.95. The third kappa shape index (κ3) is 3.96. The number of phenolic OH excluding ortho intramolecular Hbond substituents is 1. The second kappa shape index (κ2) is 8.11. The van der Waals surface area contributed by atoms with Crippen molar-refractivity contribution < 1.29 is 5.11 Å². The number of aromatic nitrogens is 1. The first-order valence-electron chi connectivity index (χ1n) is 6.95. The minimum absolute atomic E-state index is 0. The number of hydrogen-bond donors (Lipinski definition) is 1. The molecule has 1 atom stereocenters. The van der Waals surface area contributed by atoms with Gasteiger partial charge in [-0.25, -0.2) is 0 Å². The Morgan fingerprint density at radius 2 is 1.59 bits per heavy atom. The normalized spacial score (nSPS) is 17.4. The Bertz CT molecular complexity index is 565. The maximum atomic E-state index is 9.38. The molecule has 2 aromatic rings. The van der Waals surface area contributed by atoms with Crippen LogP contribution in [0.2, 0.25) is 0 Å². The SMILES string of the molecule is CC1CN(c2ccncc2)CCN1c1ccc(O)cc1.Cl.Cl. The van der Waals surface area contributed by atoms with Crippen LogP contribution in [-0.2, 0) is 0 Å². The summed E-state index contributed by atoms with van der Waals surface area (Å²) in [5.74, 6) is 0.317. The van der Waals surface area contributed by atoms with Gasteiger partial charge in [0, 0.05) is 49.4 Å². The van der Waals surface area contributed by atoms with Crippen LogP contribution >= 0.6 is 24.8 Å². The van der Waals surface area contributed by atoms with E-state index in [1.807, 2.05) is 24.5 Å². The maximum Gasteiger partial charge on any atom is 0.115 e. The van der Waals surface area contributed by atoms with Crippen LogP contribution in [-0.4, -0.2) is 35.8 Å². The van der Waals surface area contributed by atoms with Gasteiger partial charge in [0.2, 0.25) is 0 Å². The van der Waals surface area contributed by atoms with E-state index in [-0.39, 0.29) is 24.8 Å². The van der Waals surface area contributed by atoms with Crippen LogP contribution in [0.25, 0.3) is 0 Å². The smallest absolute Gasteiger partial charge is 0.115 e. The van der Waals surface area contributed by atoms with Gasteiger partial charge in [0.15, 0.2) is 0 Å². The van der Waals surface area contributed by atoms with Gasteiger partial charge in [0.05, 0.1) is 0 Å². The van der Waals surface area contributed by atoms with Gasteiger partial charge >= 0.3 is 0 Å². The lowest BCUT2D eigenvalue weighted by Gasteiger charge is -2.42. The molecule has 0 saturated carbocycles. The molecule has 22 heavy (non-hydrogen) atoms. The summed E-state index contributed by atoms with van der Waals surface area (Å²) in [4.78, 5) is 8.85. The molecule has 0 radical (unpaired) electrons. The molecule has 0 spiro atoms. The zero-order valence-corrected chi connectivity index (χ0v) is 14.1. The summed E-state index contributed by atoms with van der Waals surface area (Å²) in [5, 5.41) is 9.38. The summed E-state index contributed by atoms with van der Waals surface area (Å²) in [6.07, 6.45) is 3.68. The van der Waals surface area contributed by atoms with E-state index in [1.165, 1.54) is 11.4 Å². The van der Waals surface area contributed by atoms with E-state index in [9.17, 15) is 5.11 Å². The van der Waals surface area contributed by atoms with Gasteiger partial charge in [0.25, 0.3) is 0 Å². The van der Waals surface area contributed by atoms with Crippen molar-refractivity contribution in [2.24, 2.45) is 0 Å². The summed E-state index contributed by atoms with van der Waals surface area (Å²) >= 11 is 0. The Hall–Kier alpha value is -1.65. The molecule has 1 fully saturated rings. The fraction of sp³-hybridized carbons (Fsp3) is 0.312. The molecule has 1 aromatic heterocycles. The molecule has 1 unspecified atom stereocenters. The van der Waals surface area contributed by atoms with E-state index in [2.05, 4.69) is 33.8 Å². The van der Waals surface area contributed by atoms with Crippen LogP contribution in [0.1, 0.15) is 6.92 Å². The standard InChI is InChI=1S/C16H19N3O.2ClH/c1-13-12-18(14-6-8-17-9-7-14)10-11-19(13)15-2-4-16(20)5-3-15;;/h2-9,13,20H,10-12H2,1H3;2*1H. The highest BCUT2D eigenvalue weighted by Gasteiger charge is 2.23. The zero-order valence-electron chi connectivity index (χ0n) is 12.4. The molecule has 2 heterocycles. The number of benzene rings is 1. The summed E-state index contributed by atoms with van der Waals surface area (Å²) in [6, 6.07) is 12.0. The van der Waals surface area contributed by atoms with Gasteiger partial charge in [-0.05, 0) is 43.3 Å². The third-order valence-corrected chi connectivity index (χ3v) is 3.84. The highest BCUT2D eigenvalue weighted by molar-refractivity contribution is 5.85. The van der Waals surface area contributed by atoms with Crippen molar-refractivity contribution in [3.05, 3.63) is 48.8 Å². The molecule has 1 aromatic carbocycles. The zero-order chi connectivity index (χ0) is 13.9. The summed E-state index contributed by atoms with van der Waals surface area (Å²) < 4.78 is 0. The lowest BCUT2D eigenvalue weighted by molar-refractivity contribution is 0.475. The molecule has 0 amide bonds. The second-order valence-electron chi connectivity index (χ2n) is 5.21. The molecule has 1 aliphatic rings. The van der Waals surface area contributed by atoms with Crippen molar-refractivity contribution in [2.75, 3.05) is 29.4 Å². The third-order valence-electron chi connectivity index (χ3n) is 3.84. The highest BCUT2D eigenvalue weighted by atomic mass is 35.5. The minimum atomic E-state index is 0. The molecule has 1 N–H and O–H groups in total. The molecule has 0 bridgehead atoms. The van der Waals surface area contributed by atoms with E-state index in [1.54, 1.807) is 12.1 Å². The Kier molecular flexibility index (Phi) is 6.78. The molecule has 1 aliphatic heterocycles. The van der Waals surface area contributed by atoms with Crippen LogP contribution in [0.4, 0.5) is 11.4 Å². The van der Waals surface area contributed by atoms with Crippen molar-refractivity contribution in [3.63, 3.8) is 0 Å². The second-order valence-corrected chi connectivity index (χ2v) is 5.21. The van der Waals surface area contributed by atoms with Gasteiger partial charge < -0.3 is 14.9 Å². The number of piperazine rings is 1. The molecule has 6 heteroatoms. The largest absolute Gasteiger partial charge is 0.508 e. The van der Waals surface area contributed by atoms with E-state index < -0.39 is 0 Å². The predicted octanol–water partition coefficient (Wildman–Crippen LogP) is 3.35. The molecule has 3 rings (SSSR count). The number of anilines is 2. The van der Waals surface area contributed by atoms with E-state index in [0.717, 1.165) is 19.6 Å². The van der Waals surface area contributed by atoms with Gasteiger partial charge in [-0.3, -0.25) is 4.98 Å². The number of aromatic hydroxyl groups is 1. The first-order chi connectivity index (χ1) is 9.74. The van der Waals surface area contributed by atoms with Crippen LogP contribution in [0.15, 0.2) is 48.8 Å². The monoisotopic (exact) mass is 341 g/mol. The van der Waals surface area contributed by atoms with Crippen molar-refractivity contribution in [1.29, 1.82) is 0 Å². The van der Waals surface area contributed by atoms with Gasteiger partial charge in [-0.15, -0.1) is 24.8 Å². The number of halogens is 2. The molecule has 1 saturated heterocycles. The Labute approximate surface area is 143 Å². The number of pyridine rings is 1. The van der Waals surface area contributed by atoms with Gasteiger partial charge in [0.1, 0.15) is 5.75 Å². The fourth-order valence-corrected chi connectivity index (χ4v) is 2.77. The van der Waals surface area contributed by atoms with Crippen LogP contribution in [0.5, 0.6) is 5.75 Å². The Morgan fingerprint density at radius 3 is 2.18 bits per heavy atom. The average Bonchev–Trinajstić information content (AvgIpc) is 2.49. The van der Waals surface area contributed by atoms with Crippen molar-refractivity contribution >= 4 is 36.2 Å². The topological polar surface area (TPSA) is 39.6 Å². The Balaban J connectivity index is 0.00000121. The lowest BCUT2D eigenvalue weighted by atomic mass is 10.1. The fourth-order valence-electron chi connectivity index (χ4n) is 2.77. The van der Waals surface area contributed by atoms with Crippen molar-refractivity contribution in [2.45, 2.75) is 13.0 Å². The van der Waals surface area contributed by atoms with E-state index >= 15 is 0 Å². The van der Waals surface area contributed by atoms with Crippen molar-refractivity contribution in [3.8, 4) is 5.75 Å². The van der Waals surface area contributed by atoms with Crippen LogP contribution < -0.4 is 9.80 Å². The molecule has 4 nitrogen and oxygen atoms in total. The van der Waals surface area contributed by atoms with E-state index in [0.29, 0.717) is 11.8 Å². The highest BCUT2D eigenvalue weighted by Crippen LogP contribution is 2.25. The van der Waals surface area contributed by atoms with Crippen LogP contribution in [0, 0.1) is 0 Å². The molecule has 120 valence electrons. The van der Waals surface area contributed by atoms with Gasteiger partial charge in [-0.2, -0.15) is 0 Å². The maximum absolute atomic E-state index is 9.38. The van der Waals surface area contributed by atoms with Crippen LogP contribution in [0.3, 0.4) is 0 Å². The quantitative estimate of drug-likeness (QED) is 0.909. The first kappa shape index (κ1) is 18.4. The predicted molar refractivity (Wildman–Crippen MR) is 95.9 cm³/mol. The van der Waals surface area contributed by atoms with E-state index in [4.69, 9.17) is 0 Å². The molecular weight excluding hydrogens is 321 g/mol. The van der Waals surface area contributed by atoms with Crippen molar-refractivity contribution in [1.82, 2.24) is 4.98 Å².